The van der Waals surface area contributed by atoms with E-state index >= 15 is 0 Å². The summed E-state index contributed by atoms with van der Waals surface area (Å²) in [5.41, 5.74) is 6.79. The molecule has 1 unspecified atom stereocenters. The van der Waals surface area contributed by atoms with Gasteiger partial charge in [-0.25, -0.2) is 9.97 Å². The number of fused-ring (bicyclic) bond motifs is 3. The first-order chi connectivity index (χ1) is 11.2. The lowest BCUT2D eigenvalue weighted by Crippen LogP contribution is -2.28. The van der Waals surface area contributed by atoms with Crippen molar-refractivity contribution in [2.75, 3.05) is 5.32 Å². The molecule has 23 heavy (non-hydrogen) atoms. The van der Waals surface area contributed by atoms with E-state index in [1.54, 1.807) is 17.7 Å². The van der Waals surface area contributed by atoms with Crippen molar-refractivity contribution in [3.05, 3.63) is 16.8 Å². The summed E-state index contributed by atoms with van der Waals surface area (Å²) in [5.74, 6) is 0.709. The summed E-state index contributed by atoms with van der Waals surface area (Å²) in [6.45, 7) is 0. The van der Waals surface area contributed by atoms with Crippen LogP contribution >= 0.6 is 11.3 Å². The average molecular weight is 330 g/mol. The van der Waals surface area contributed by atoms with Crippen molar-refractivity contribution in [1.29, 1.82) is 0 Å². The molecule has 0 radical (unpaired) electrons. The van der Waals surface area contributed by atoms with E-state index in [0.717, 1.165) is 35.3 Å². The maximum Gasteiger partial charge on any atom is 0.220 e. The summed E-state index contributed by atoms with van der Waals surface area (Å²) in [7, 11) is 0. The first-order valence-corrected chi connectivity index (χ1v) is 9.35. The predicted molar refractivity (Wildman–Crippen MR) is 92.6 cm³/mol. The van der Waals surface area contributed by atoms with Crippen molar-refractivity contribution in [3.63, 3.8) is 0 Å². The zero-order valence-electron chi connectivity index (χ0n) is 13.2. The van der Waals surface area contributed by atoms with Crippen LogP contribution in [0, 0.1) is 5.92 Å². The van der Waals surface area contributed by atoms with Crippen LogP contribution < -0.4 is 11.1 Å². The molecule has 6 heteroatoms. The highest BCUT2D eigenvalue weighted by atomic mass is 32.1. The molecule has 0 aliphatic heterocycles. The number of primary amides is 1. The van der Waals surface area contributed by atoms with E-state index in [1.165, 1.54) is 42.5 Å². The largest absolute Gasteiger partial charge is 0.369 e. The van der Waals surface area contributed by atoms with Gasteiger partial charge in [0.1, 0.15) is 17.0 Å². The Hall–Kier alpha value is -1.69. The number of aromatic nitrogens is 2. The molecule has 1 amide bonds. The number of amides is 1. The van der Waals surface area contributed by atoms with Crippen molar-refractivity contribution in [3.8, 4) is 0 Å². The number of nitrogens with two attached hydrogens (primary N) is 1. The molecule has 122 valence electrons. The maximum absolute atomic E-state index is 11.6. The number of hydrogen-bond acceptors (Lipinski definition) is 5. The molecule has 1 saturated carbocycles. The number of rotatable bonds is 3. The minimum absolute atomic E-state index is 0.0527. The zero-order valence-corrected chi connectivity index (χ0v) is 14.0. The molecule has 1 atom stereocenters. The number of aryl methyl sites for hydroxylation is 1. The Labute approximate surface area is 139 Å². The summed E-state index contributed by atoms with van der Waals surface area (Å²) in [6.07, 6.45) is 10.5. The third-order valence-corrected chi connectivity index (χ3v) is 6.39. The van der Waals surface area contributed by atoms with Crippen LogP contribution in [0.15, 0.2) is 6.33 Å². The second kappa shape index (κ2) is 6.07. The Balaban J connectivity index is 1.71. The van der Waals surface area contributed by atoms with Crippen LogP contribution in [0.4, 0.5) is 5.82 Å². The zero-order chi connectivity index (χ0) is 15.8. The Morgan fingerprint density at radius 3 is 2.83 bits per heavy atom. The van der Waals surface area contributed by atoms with Gasteiger partial charge in [-0.3, -0.25) is 4.79 Å². The average Bonchev–Trinajstić information content (AvgIpc) is 2.94. The summed E-state index contributed by atoms with van der Waals surface area (Å²) >= 11 is 1.75. The Morgan fingerprint density at radius 1 is 1.22 bits per heavy atom. The molecule has 3 N–H and O–H groups in total. The van der Waals surface area contributed by atoms with E-state index in [9.17, 15) is 4.79 Å². The highest BCUT2D eigenvalue weighted by molar-refractivity contribution is 7.19. The molecule has 0 saturated heterocycles. The van der Waals surface area contributed by atoms with Crippen LogP contribution in [0.2, 0.25) is 0 Å². The van der Waals surface area contributed by atoms with Crippen LogP contribution in [0.3, 0.4) is 0 Å². The van der Waals surface area contributed by atoms with Crippen molar-refractivity contribution in [2.45, 2.75) is 57.4 Å². The van der Waals surface area contributed by atoms with Gasteiger partial charge < -0.3 is 11.1 Å². The van der Waals surface area contributed by atoms with Gasteiger partial charge in [0, 0.05) is 16.8 Å². The number of hydrogen-bond donors (Lipinski definition) is 2. The SMILES string of the molecule is NC(=O)C1CCc2sc3ncnc(NC4CCCCC4)c3c2C1. The topological polar surface area (TPSA) is 80.9 Å². The quantitative estimate of drug-likeness (QED) is 0.906. The van der Waals surface area contributed by atoms with Gasteiger partial charge in [-0.1, -0.05) is 19.3 Å². The molecular formula is C17H22N4OS. The van der Waals surface area contributed by atoms with E-state index < -0.39 is 0 Å². The fraction of sp³-hybridized carbons (Fsp3) is 0.588. The van der Waals surface area contributed by atoms with Gasteiger partial charge >= 0.3 is 0 Å². The fourth-order valence-electron chi connectivity index (χ4n) is 3.90. The molecule has 4 rings (SSSR count). The molecule has 0 aromatic carbocycles. The Morgan fingerprint density at radius 2 is 2.04 bits per heavy atom. The third kappa shape index (κ3) is 2.80. The number of carbonyl (C=O) groups is 1. The van der Waals surface area contributed by atoms with Crippen molar-refractivity contribution >= 4 is 33.3 Å². The van der Waals surface area contributed by atoms with E-state index in [2.05, 4.69) is 15.3 Å². The normalized spacial score (nSPS) is 22.0. The van der Waals surface area contributed by atoms with Crippen LogP contribution in [0.1, 0.15) is 49.0 Å². The minimum atomic E-state index is -0.186. The van der Waals surface area contributed by atoms with Crippen molar-refractivity contribution in [1.82, 2.24) is 9.97 Å². The molecule has 1 fully saturated rings. The van der Waals surface area contributed by atoms with Crippen molar-refractivity contribution < 1.29 is 4.79 Å². The van der Waals surface area contributed by atoms with E-state index in [1.807, 2.05) is 0 Å². The third-order valence-electron chi connectivity index (χ3n) is 5.19. The predicted octanol–water partition coefficient (Wildman–Crippen LogP) is 3.03. The number of thiophene rings is 1. The lowest BCUT2D eigenvalue weighted by atomic mass is 9.86. The highest BCUT2D eigenvalue weighted by Gasteiger charge is 2.28. The molecule has 2 aliphatic rings. The lowest BCUT2D eigenvalue weighted by Gasteiger charge is -2.24. The lowest BCUT2D eigenvalue weighted by molar-refractivity contribution is -0.122. The van der Waals surface area contributed by atoms with E-state index in [4.69, 9.17) is 5.73 Å². The summed E-state index contributed by atoms with van der Waals surface area (Å²) in [6, 6.07) is 0.507. The molecular weight excluding hydrogens is 308 g/mol. The van der Waals surface area contributed by atoms with Crippen LogP contribution in [0.25, 0.3) is 10.2 Å². The van der Waals surface area contributed by atoms with Crippen molar-refractivity contribution in [2.24, 2.45) is 11.7 Å². The Kier molecular flexibility index (Phi) is 3.93. The molecule has 2 heterocycles. The molecule has 0 spiro atoms. The van der Waals surface area contributed by atoms with Gasteiger partial charge in [-0.2, -0.15) is 0 Å². The van der Waals surface area contributed by atoms with Gasteiger partial charge in [-0.05, 0) is 37.7 Å². The van der Waals surface area contributed by atoms with Crippen LogP contribution in [-0.2, 0) is 17.6 Å². The van der Waals surface area contributed by atoms with Gasteiger partial charge in [-0.15, -0.1) is 11.3 Å². The van der Waals surface area contributed by atoms with Gasteiger partial charge in [0.15, 0.2) is 0 Å². The van der Waals surface area contributed by atoms with Gasteiger partial charge in [0.25, 0.3) is 0 Å². The first kappa shape index (κ1) is 14.9. The first-order valence-electron chi connectivity index (χ1n) is 8.53. The molecule has 5 nitrogen and oxygen atoms in total. The maximum atomic E-state index is 11.6. The molecule has 2 aliphatic carbocycles. The Bertz CT molecular complexity index is 736. The fourth-order valence-corrected chi connectivity index (χ4v) is 5.08. The smallest absolute Gasteiger partial charge is 0.220 e. The van der Waals surface area contributed by atoms with Crippen LogP contribution in [0.5, 0.6) is 0 Å². The molecule has 0 bridgehead atoms. The number of carbonyl (C=O) groups excluding carboxylic acids is 1. The summed E-state index contributed by atoms with van der Waals surface area (Å²) in [5, 5.41) is 4.77. The van der Waals surface area contributed by atoms with Gasteiger partial charge in [0.2, 0.25) is 5.91 Å². The van der Waals surface area contributed by atoms with E-state index in [0.29, 0.717) is 6.04 Å². The number of nitrogens with zero attached hydrogens (tertiary/aromatic N) is 2. The standard InChI is InChI=1S/C17H22N4OS/c18-15(22)10-6-7-13-12(8-10)14-16(19-9-20-17(14)23-13)21-11-4-2-1-3-5-11/h9-11H,1-8H2,(H2,18,22)(H,19,20,21). The number of anilines is 1. The van der Waals surface area contributed by atoms with Crippen LogP contribution in [-0.4, -0.2) is 21.9 Å². The monoisotopic (exact) mass is 330 g/mol. The second-order valence-electron chi connectivity index (χ2n) is 6.73. The van der Waals surface area contributed by atoms with Gasteiger partial charge in [0.05, 0.1) is 5.39 Å². The minimum Gasteiger partial charge on any atom is -0.369 e. The summed E-state index contributed by atoms with van der Waals surface area (Å²) in [4.78, 5) is 23.0. The molecule has 2 aromatic heterocycles. The second-order valence-corrected chi connectivity index (χ2v) is 7.81. The number of nitrogens with one attached hydrogen (secondary N) is 1. The van der Waals surface area contributed by atoms with E-state index in [-0.39, 0.29) is 11.8 Å². The summed E-state index contributed by atoms with van der Waals surface area (Å²) < 4.78 is 0. The molecule has 2 aromatic rings. The highest BCUT2D eigenvalue weighted by Crippen LogP contribution is 2.40.